The summed E-state index contributed by atoms with van der Waals surface area (Å²) in [6.07, 6.45) is 6.46. The van der Waals surface area contributed by atoms with Crippen molar-refractivity contribution >= 4 is 0 Å². The van der Waals surface area contributed by atoms with Gasteiger partial charge < -0.3 is 14.6 Å². The Balaban J connectivity index is 1.58. The summed E-state index contributed by atoms with van der Waals surface area (Å²) in [5.74, 6) is 0.890. The van der Waals surface area contributed by atoms with Crippen LogP contribution in [0.3, 0.4) is 0 Å². The summed E-state index contributed by atoms with van der Waals surface area (Å²) in [5.41, 5.74) is 0. The van der Waals surface area contributed by atoms with Gasteiger partial charge in [0, 0.05) is 25.8 Å². The number of aliphatic hydroxyl groups excluding tert-OH is 1. The molecule has 0 bridgehead atoms. The number of nitrogens with zero attached hydrogens (tertiary/aromatic N) is 1. The minimum Gasteiger partial charge on any atom is -0.394 e. The Bertz CT molecular complexity index is 244. The number of hydrogen-bond donors (Lipinski definition) is 1. The van der Waals surface area contributed by atoms with Gasteiger partial charge in [-0.25, -0.2) is 0 Å². The molecule has 0 amide bonds. The smallest absolute Gasteiger partial charge is 0.0933 e. The molecule has 0 radical (unpaired) electrons. The third-order valence-electron chi connectivity index (χ3n) is 4.49. The van der Waals surface area contributed by atoms with Gasteiger partial charge in [-0.1, -0.05) is 12.8 Å². The van der Waals surface area contributed by atoms with Gasteiger partial charge in [0.1, 0.15) is 0 Å². The van der Waals surface area contributed by atoms with E-state index < -0.39 is 0 Å². The number of morpholine rings is 1. The molecule has 2 fully saturated rings. The van der Waals surface area contributed by atoms with Crippen LogP contribution in [0.25, 0.3) is 0 Å². The average Bonchev–Trinajstić information content (AvgIpc) is 2.46. The van der Waals surface area contributed by atoms with Crippen molar-refractivity contribution in [1.29, 1.82) is 0 Å². The van der Waals surface area contributed by atoms with Crippen LogP contribution in [0.15, 0.2) is 0 Å². The zero-order chi connectivity index (χ0) is 13.5. The van der Waals surface area contributed by atoms with Gasteiger partial charge in [0.2, 0.25) is 0 Å². The highest BCUT2D eigenvalue weighted by atomic mass is 16.5. The monoisotopic (exact) mass is 271 g/mol. The highest BCUT2D eigenvalue weighted by Crippen LogP contribution is 2.21. The highest BCUT2D eigenvalue weighted by molar-refractivity contribution is 4.77. The van der Waals surface area contributed by atoms with Gasteiger partial charge in [-0.15, -0.1) is 0 Å². The summed E-state index contributed by atoms with van der Waals surface area (Å²) in [6, 6.07) is 0.492. The standard InChI is InChI=1S/C15H29NO3/c1-13-12-19-15(11-17)10-16(13)7-3-2-4-14-5-8-18-9-6-14/h13-15,17H,2-12H2,1H3. The summed E-state index contributed by atoms with van der Waals surface area (Å²) < 4.78 is 11.0. The van der Waals surface area contributed by atoms with E-state index in [4.69, 9.17) is 9.47 Å². The maximum absolute atomic E-state index is 9.17. The van der Waals surface area contributed by atoms with Gasteiger partial charge in [-0.3, -0.25) is 4.90 Å². The first-order valence-corrected chi connectivity index (χ1v) is 7.84. The van der Waals surface area contributed by atoms with Crippen molar-refractivity contribution in [1.82, 2.24) is 4.90 Å². The van der Waals surface area contributed by atoms with Crippen molar-refractivity contribution in [2.45, 2.75) is 51.2 Å². The van der Waals surface area contributed by atoms with Crippen molar-refractivity contribution in [2.24, 2.45) is 5.92 Å². The van der Waals surface area contributed by atoms with Gasteiger partial charge >= 0.3 is 0 Å². The normalized spacial score (nSPS) is 30.6. The maximum atomic E-state index is 9.17. The van der Waals surface area contributed by atoms with Crippen LogP contribution in [0.1, 0.15) is 39.0 Å². The Kier molecular flexibility index (Phi) is 6.57. The summed E-state index contributed by atoms with van der Waals surface area (Å²) >= 11 is 0. The van der Waals surface area contributed by atoms with Crippen LogP contribution in [-0.2, 0) is 9.47 Å². The van der Waals surface area contributed by atoms with Crippen LogP contribution < -0.4 is 0 Å². The molecular formula is C15H29NO3. The third-order valence-corrected chi connectivity index (χ3v) is 4.49. The molecule has 112 valence electrons. The molecule has 0 aliphatic carbocycles. The highest BCUT2D eigenvalue weighted by Gasteiger charge is 2.25. The van der Waals surface area contributed by atoms with Crippen LogP contribution in [0.4, 0.5) is 0 Å². The SMILES string of the molecule is CC1COC(CO)CN1CCCCC1CCOCC1. The fraction of sp³-hybridized carbons (Fsp3) is 1.00. The topological polar surface area (TPSA) is 41.9 Å². The summed E-state index contributed by atoms with van der Waals surface area (Å²) in [6.45, 7) is 7.06. The molecule has 0 saturated carbocycles. The second kappa shape index (κ2) is 8.20. The zero-order valence-corrected chi connectivity index (χ0v) is 12.2. The molecule has 2 aliphatic rings. The van der Waals surface area contributed by atoms with Gasteiger partial charge in [0.15, 0.2) is 0 Å². The fourth-order valence-electron chi connectivity index (χ4n) is 3.08. The van der Waals surface area contributed by atoms with Crippen LogP contribution in [-0.4, -0.2) is 61.7 Å². The van der Waals surface area contributed by atoms with Crippen molar-refractivity contribution in [2.75, 3.05) is 39.5 Å². The van der Waals surface area contributed by atoms with Gasteiger partial charge in [0.25, 0.3) is 0 Å². The number of rotatable bonds is 6. The molecule has 1 N–H and O–H groups in total. The molecule has 2 saturated heterocycles. The van der Waals surface area contributed by atoms with Crippen LogP contribution in [0, 0.1) is 5.92 Å². The van der Waals surface area contributed by atoms with E-state index in [9.17, 15) is 5.11 Å². The maximum Gasteiger partial charge on any atom is 0.0933 e. The molecular weight excluding hydrogens is 242 g/mol. The predicted octanol–water partition coefficient (Wildman–Crippen LogP) is 1.66. The van der Waals surface area contributed by atoms with Gasteiger partial charge in [-0.05, 0) is 38.6 Å². The molecule has 0 spiro atoms. The third kappa shape index (κ3) is 5.03. The Hall–Kier alpha value is -0.160. The molecule has 0 aromatic rings. The Morgan fingerprint density at radius 2 is 2.00 bits per heavy atom. The first kappa shape index (κ1) is 15.2. The number of ether oxygens (including phenoxy) is 2. The quantitative estimate of drug-likeness (QED) is 0.746. The molecule has 2 aliphatic heterocycles. The molecule has 4 nitrogen and oxygen atoms in total. The largest absolute Gasteiger partial charge is 0.394 e. The van der Waals surface area contributed by atoms with E-state index in [0.29, 0.717) is 6.04 Å². The summed E-state index contributed by atoms with van der Waals surface area (Å²) in [4.78, 5) is 2.47. The first-order valence-electron chi connectivity index (χ1n) is 7.84. The zero-order valence-electron chi connectivity index (χ0n) is 12.2. The molecule has 2 heterocycles. The molecule has 0 aromatic carbocycles. The van der Waals surface area contributed by atoms with E-state index >= 15 is 0 Å². The Labute approximate surface area is 117 Å². The van der Waals surface area contributed by atoms with Crippen LogP contribution in [0.5, 0.6) is 0 Å². The number of unbranched alkanes of at least 4 members (excludes halogenated alkanes) is 1. The first-order chi connectivity index (χ1) is 9.29. The van der Waals surface area contributed by atoms with E-state index in [1.165, 1.54) is 32.1 Å². The molecule has 0 aromatic heterocycles. The summed E-state index contributed by atoms with van der Waals surface area (Å²) in [5, 5.41) is 9.17. The van der Waals surface area contributed by atoms with Crippen molar-refractivity contribution < 1.29 is 14.6 Å². The van der Waals surface area contributed by atoms with Gasteiger partial charge in [0.05, 0.1) is 19.3 Å². The lowest BCUT2D eigenvalue weighted by atomic mass is 9.94. The molecule has 2 unspecified atom stereocenters. The second-order valence-electron chi connectivity index (χ2n) is 6.03. The van der Waals surface area contributed by atoms with Crippen LogP contribution in [0.2, 0.25) is 0 Å². The van der Waals surface area contributed by atoms with Gasteiger partial charge in [-0.2, -0.15) is 0 Å². The molecule has 19 heavy (non-hydrogen) atoms. The van der Waals surface area contributed by atoms with E-state index in [0.717, 1.165) is 38.8 Å². The average molecular weight is 271 g/mol. The Morgan fingerprint density at radius 3 is 2.74 bits per heavy atom. The summed E-state index contributed by atoms with van der Waals surface area (Å²) in [7, 11) is 0. The van der Waals surface area contributed by atoms with E-state index in [1.807, 2.05) is 0 Å². The Morgan fingerprint density at radius 1 is 1.21 bits per heavy atom. The fourth-order valence-corrected chi connectivity index (χ4v) is 3.08. The van der Waals surface area contributed by atoms with E-state index in [-0.39, 0.29) is 12.7 Å². The lowest BCUT2D eigenvalue weighted by Crippen LogP contribution is -2.49. The van der Waals surface area contributed by atoms with Crippen molar-refractivity contribution in [3.05, 3.63) is 0 Å². The lowest BCUT2D eigenvalue weighted by Gasteiger charge is -2.37. The second-order valence-corrected chi connectivity index (χ2v) is 6.03. The van der Waals surface area contributed by atoms with Crippen LogP contribution >= 0.6 is 0 Å². The van der Waals surface area contributed by atoms with E-state index in [2.05, 4.69) is 11.8 Å². The minimum atomic E-state index is 0.0201. The minimum absolute atomic E-state index is 0.0201. The number of hydrogen-bond acceptors (Lipinski definition) is 4. The lowest BCUT2D eigenvalue weighted by molar-refractivity contribution is -0.0780. The van der Waals surface area contributed by atoms with E-state index in [1.54, 1.807) is 0 Å². The molecule has 2 rings (SSSR count). The predicted molar refractivity (Wildman–Crippen MR) is 75.3 cm³/mol. The molecule has 2 atom stereocenters. The molecule has 4 heteroatoms. The van der Waals surface area contributed by atoms with Crippen molar-refractivity contribution in [3.8, 4) is 0 Å². The number of aliphatic hydroxyl groups is 1. The van der Waals surface area contributed by atoms with Crippen molar-refractivity contribution in [3.63, 3.8) is 0 Å².